The summed E-state index contributed by atoms with van der Waals surface area (Å²) < 4.78 is 6.93. The van der Waals surface area contributed by atoms with Crippen molar-refractivity contribution in [1.82, 2.24) is 5.32 Å². The van der Waals surface area contributed by atoms with Crippen LogP contribution >= 0.6 is 15.9 Å². The number of ether oxygens (including phenoxy) is 1. The van der Waals surface area contributed by atoms with Gasteiger partial charge in [0.1, 0.15) is 0 Å². The van der Waals surface area contributed by atoms with Gasteiger partial charge in [0.05, 0.1) is 6.10 Å². The highest BCUT2D eigenvalue weighted by Gasteiger charge is 2.19. The highest BCUT2D eigenvalue weighted by atomic mass is 79.9. The number of hydrogen-bond acceptors (Lipinski definition) is 2. The molecular weight excluding hydrogens is 290 g/mol. The van der Waals surface area contributed by atoms with Crippen LogP contribution in [0.25, 0.3) is 0 Å². The van der Waals surface area contributed by atoms with Crippen LogP contribution in [0.3, 0.4) is 0 Å². The van der Waals surface area contributed by atoms with E-state index in [9.17, 15) is 0 Å². The summed E-state index contributed by atoms with van der Waals surface area (Å²) in [4.78, 5) is 0. The smallest absolute Gasteiger partial charge is 0.0576 e. The molecule has 1 aromatic rings. The molecule has 0 radical (unpaired) electrons. The summed E-state index contributed by atoms with van der Waals surface area (Å²) in [6, 6.07) is 6.88. The molecule has 0 aromatic heterocycles. The molecule has 100 valence electrons. The molecule has 2 atom stereocenters. The van der Waals surface area contributed by atoms with E-state index in [0.29, 0.717) is 12.1 Å². The van der Waals surface area contributed by atoms with Gasteiger partial charge in [0.25, 0.3) is 0 Å². The van der Waals surface area contributed by atoms with Crippen molar-refractivity contribution in [2.45, 2.75) is 44.8 Å². The van der Waals surface area contributed by atoms with E-state index >= 15 is 0 Å². The topological polar surface area (TPSA) is 21.3 Å². The van der Waals surface area contributed by atoms with Crippen molar-refractivity contribution in [3.8, 4) is 0 Å². The standard InChI is InChI=1S/C15H22BrNO/c1-11-5-3-7-13(15(11)16)14(17-2)9-8-12-6-4-10-18-12/h3,5,7,12,14,17H,4,6,8-10H2,1-2H3. The zero-order valence-electron chi connectivity index (χ0n) is 11.2. The lowest BCUT2D eigenvalue weighted by molar-refractivity contribution is 0.0998. The maximum atomic E-state index is 5.70. The van der Waals surface area contributed by atoms with Crippen molar-refractivity contribution >= 4 is 15.9 Å². The predicted octanol–water partition coefficient (Wildman–Crippen LogP) is 3.98. The number of benzene rings is 1. The Balaban J connectivity index is 2.00. The lowest BCUT2D eigenvalue weighted by atomic mass is 9.98. The van der Waals surface area contributed by atoms with Crippen LogP contribution in [0.1, 0.15) is 42.9 Å². The Hall–Kier alpha value is -0.380. The summed E-state index contributed by atoms with van der Waals surface area (Å²) >= 11 is 3.70. The minimum absolute atomic E-state index is 0.406. The number of nitrogens with one attached hydrogen (secondary N) is 1. The van der Waals surface area contributed by atoms with E-state index in [-0.39, 0.29) is 0 Å². The summed E-state index contributed by atoms with van der Waals surface area (Å²) in [5, 5.41) is 3.42. The number of rotatable bonds is 5. The molecule has 0 aliphatic carbocycles. The van der Waals surface area contributed by atoms with Gasteiger partial charge >= 0.3 is 0 Å². The Morgan fingerprint density at radius 3 is 3.00 bits per heavy atom. The van der Waals surface area contributed by atoms with Crippen LogP contribution in [0.2, 0.25) is 0 Å². The Morgan fingerprint density at radius 2 is 2.33 bits per heavy atom. The molecule has 1 aromatic carbocycles. The first-order chi connectivity index (χ1) is 8.72. The van der Waals surface area contributed by atoms with Gasteiger partial charge in [-0.05, 0) is 50.8 Å². The van der Waals surface area contributed by atoms with E-state index in [4.69, 9.17) is 4.74 Å². The number of hydrogen-bond donors (Lipinski definition) is 1. The lowest BCUT2D eigenvalue weighted by Gasteiger charge is -2.20. The molecule has 0 amide bonds. The summed E-state index contributed by atoms with van der Waals surface area (Å²) in [7, 11) is 2.04. The molecule has 0 saturated carbocycles. The molecule has 1 saturated heterocycles. The Kier molecular flexibility index (Phi) is 5.22. The van der Waals surface area contributed by atoms with E-state index < -0.39 is 0 Å². The average Bonchev–Trinajstić information content (AvgIpc) is 2.88. The van der Waals surface area contributed by atoms with Gasteiger partial charge in [-0.3, -0.25) is 0 Å². The third-order valence-corrected chi connectivity index (χ3v) is 4.83. The van der Waals surface area contributed by atoms with Gasteiger partial charge in [0.2, 0.25) is 0 Å². The molecule has 0 bridgehead atoms. The predicted molar refractivity (Wildman–Crippen MR) is 78.9 cm³/mol. The maximum Gasteiger partial charge on any atom is 0.0576 e. The van der Waals surface area contributed by atoms with Crippen molar-refractivity contribution in [2.24, 2.45) is 0 Å². The minimum atomic E-state index is 0.406. The number of halogens is 1. The molecule has 2 nitrogen and oxygen atoms in total. The molecule has 1 fully saturated rings. The second kappa shape index (κ2) is 6.69. The second-order valence-electron chi connectivity index (χ2n) is 5.03. The molecule has 2 rings (SSSR count). The summed E-state index contributed by atoms with van der Waals surface area (Å²) in [5.41, 5.74) is 2.65. The Bertz CT molecular complexity index is 388. The van der Waals surface area contributed by atoms with Gasteiger partial charge in [-0.15, -0.1) is 0 Å². The largest absolute Gasteiger partial charge is 0.378 e. The molecule has 18 heavy (non-hydrogen) atoms. The van der Waals surface area contributed by atoms with Crippen LogP contribution in [0, 0.1) is 6.92 Å². The van der Waals surface area contributed by atoms with Crippen LogP contribution in [0.4, 0.5) is 0 Å². The van der Waals surface area contributed by atoms with Crippen LogP contribution in [0.5, 0.6) is 0 Å². The van der Waals surface area contributed by atoms with E-state index in [2.05, 4.69) is 46.4 Å². The van der Waals surface area contributed by atoms with E-state index in [1.165, 1.54) is 28.4 Å². The van der Waals surface area contributed by atoms with Gasteiger partial charge in [0, 0.05) is 17.1 Å². The average molecular weight is 312 g/mol. The first-order valence-corrected chi connectivity index (χ1v) is 7.55. The molecule has 1 heterocycles. The monoisotopic (exact) mass is 311 g/mol. The first kappa shape index (κ1) is 14.0. The number of aryl methyl sites for hydroxylation is 1. The minimum Gasteiger partial charge on any atom is -0.378 e. The van der Waals surface area contributed by atoms with Crippen LogP contribution in [-0.4, -0.2) is 19.8 Å². The SMILES string of the molecule is CNC(CCC1CCCO1)c1cccc(C)c1Br. The van der Waals surface area contributed by atoms with Crippen LogP contribution in [-0.2, 0) is 4.74 Å². The highest BCUT2D eigenvalue weighted by Crippen LogP contribution is 2.30. The van der Waals surface area contributed by atoms with Crippen molar-refractivity contribution in [2.75, 3.05) is 13.7 Å². The highest BCUT2D eigenvalue weighted by molar-refractivity contribution is 9.10. The normalized spacial score (nSPS) is 21.2. The summed E-state index contributed by atoms with van der Waals surface area (Å²) in [6.45, 7) is 3.09. The van der Waals surface area contributed by atoms with Crippen molar-refractivity contribution < 1.29 is 4.74 Å². The van der Waals surface area contributed by atoms with Gasteiger partial charge in [-0.2, -0.15) is 0 Å². The van der Waals surface area contributed by atoms with Crippen LogP contribution < -0.4 is 5.32 Å². The van der Waals surface area contributed by atoms with Crippen molar-refractivity contribution in [1.29, 1.82) is 0 Å². The van der Waals surface area contributed by atoms with Gasteiger partial charge in [-0.1, -0.05) is 34.1 Å². The Morgan fingerprint density at radius 1 is 1.50 bits per heavy atom. The van der Waals surface area contributed by atoms with Gasteiger partial charge in [-0.25, -0.2) is 0 Å². The molecule has 2 unspecified atom stereocenters. The molecule has 1 aliphatic heterocycles. The van der Waals surface area contributed by atoms with E-state index in [1.54, 1.807) is 0 Å². The summed E-state index contributed by atoms with van der Waals surface area (Å²) in [6.07, 6.45) is 5.20. The van der Waals surface area contributed by atoms with E-state index in [1.807, 2.05) is 7.05 Å². The zero-order chi connectivity index (χ0) is 13.0. The molecule has 1 N–H and O–H groups in total. The molecule has 0 spiro atoms. The molecular formula is C15H22BrNO. The van der Waals surface area contributed by atoms with Crippen LogP contribution in [0.15, 0.2) is 22.7 Å². The quantitative estimate of drug-likeness (QED) is 0.888. The fourth-order valence-electron chi connectivity index (χ4n) is 2.62. The van der Waals surface area contributed by atoms with Gasteiger partial charge < -0.3 is 10.1 Å². The van der Waals surface area contributed by atoms with E-state index in [0.717, 1.165) is 19.4 Å². The first-order valence-electron chi connectivity index (χ1n) is 6.76. The third-order valence-electron chi connectivity index (χ3n) is 3.75. The lowest BCUT2D eigenvalue weighted by Crippen LogP contribution is -2.19. The fourth-order valence-corrected chi connectivity index (χ4v) is 3.16. The van der Waals surface area contributed by atoms with Gasteiger partial charge in [0.15, 0.2) is 0 Å². The van der Waals surface area contributed by atoms with Crippen molar-refractivity contribution in [3.63, 3.8) is 0 Å². The second-order valence-corrected chi connectivity index (χ2v) is 5.82. The Labute approximate surface area is 118 Å². The molecule has 3 heteroatoms. The fraction of sp³-hybridized carbons (Fsp3) is 0.600. The maximum absolute atomic E-state index is 5.70. The van der Waals surface area contributed by atoms with Crippen molar-refractivity contribution in [3.05, 3.63) is 33.8 Å². The third kappa shape index (κ3) is 3.34. The molecule has 1 aliphatic rings. The zero-order valence-corrected chi connectivity index (χ0v) is 12.8. The summed E-state index contributed by atoms with van der Waals surface area (Å²) in [5.74, 6) is 0.